The predicted molar refractivity (Wildman–Crippen MR) is 118 cm³/mol. The number of carbonyl (C=O) groups excluding carboxylic acids is 2. The topological polar surface area (TPSA) is 73.5 Å². The quantitative estimate of drug-likeness (QED) is 0.523. The van der Waals surface area contributed by atoms with Gasteiger partial charge in [0.25, 0.3) is 5.91 Å². The molecule has 0 saturated carbocycles. The van der Waals surface area contributed by atoms with Crippen LogP contribution < -0.4 is 16.0 Å². The Hall–Kier alpha value is -1.70. The molecule has 168 valence electrons. The van der Waals surface area contributed by atoms with Crippen LogP contribution in [-0.2, 0) is 4.79 Å². The standard InChI is InChI=1S/C22H34ClFN4O2/c1-4-15(5-2)14-28-11-9-17(27-20(22(28)30)8-10-25-3)13-26-21(29)16-6-7-18(23)19(24)12-16/h6-7,12,15,17,20,25,27H,4-5,8-11,13-14H2,1-3H3,(H,26,29). The minimum Gasteiger partial charge on any atom is -0.350 e. The van der Waals surface area contributed by atoms with E-state index in [-0.39, 0.29) is 34.5 Å². The second kappa shape index (κ2) is 12.2. The summed E-state index contributed by atoms with van der Waals surface area (Å²) in [5.41, 5.74) is 0.226. The smallest absolute Gasteiger partial charge is 0.251 e. The summed E-state index contributed by atoms with van der Waals surface area (Å²) in [7, 11) is 1.87. The highest BCUT2D eigenvalue weighted by atomic mass is 35.5. The molecule has 2 amide bonds. The summed E-state index contributed by atoms with van der Waals surface area (Å²) in [6, 6.07) is 3.68. The van der Waals surface area contributed by atoms with Gasteiger partial charge in [0.15, 0.2) is 0 Å². The Balaban J connectivity index is 2.02. The van der Waals surface area contributed by atoms with Crippen molar-refractivity contribution in [2.45, 2.75) is 51.6 Å². The normalized spacial score (nSPS) is 19.8. The molecule has 1 aliphatic rings. The molecule has 8 heteroatoms. The van der Waals surface area contributed by atoms with E-state index in [9.17, 15) is 14.0 Å². The Morgan fingerprint density at radius 3 is 2.73 bits per heavy atom. The Labute approximate surface area is 183 Å². The van der Waals surface area contributed by atoms with Gasteiger partial charge in [0, 0.05) is 31.2 Å². The number of benzene rings is 1. The highest BCUT2D eigenvalue weighted by Gasteiger charge is 2.31. The van der Waals surface area contributed by atoms with Crippen LogP contribution in [0.4, 0.5) is 4.39 Å². The average Bonchev–Trinajstić information content (AvgIpc) is 2.89. The number of nitrogens with zero attached hydrogens (tertiary/aromatic N) is 1. The van der Waals surface area contributed by atoms with E-state index in [4.69, 9.17) is 11.6 Å². The molecule has 0 aliphatic carbocycles. The lowest BCUT2D eigenvalue weighted by atomic mass is 10.0. The molecule has 0 radical (unpaired) electrons. The van der Waals surface area contributed by atoms with E-state index in [1.165, 1.54) is 12.1 Å². The highest BCUT2D eigenvalue weighted by Crippen LogP contribution is 2.17. The van der Waals surface area contributed by atoms with Gasteiger partial charge in [-0.1, -0.05) is 38.3 Å². The van der Waals surface area contributed by atoms with Gasteiger partial charge in [0.1, 0.15) is 5.82 Å². The van der Waals surface area contributed by atoms with Crippen LogP contribution in [0.2, 0.25) is 5.02 Å². The molecular formula is C22H34ClFN4O2. The predicted octanol–water partition coefficient (Wildman–Crippen LogP) is 2.81. The van der Waals surface area contributed by atoms with E-state index in [2.05, 4.69) is 29.8 Å². The van der Waals surface area contributed by atoms with Crippen molar-refractivity contribution in [3.8, 4) is 0 Å². The van der Waals surface area contributed by atoms with E-state index < -0.39 is 5.82 Å². The van der Waals surface area contributed by atoms with Gasteiger partial charge in [-0.05, 0) is 50.6 Å². The van der Waals surface area contributed by atoms with Crippen LogP contribution in [0.25, 0.3) is 0 Å². The lowest BCUT2D eigenvalue weighted by Crippen LogP contribution is -2.50. The van der Waals surface area contributed by atoms with Crippen molar-refractivity contribution in [2.24, 2.45) is 5.92 Å². The molecule has 2 unspecified atom stereocenters. The molecule has 2 rings (SSSR count). The first kappa shape index (κ1) is 24.6. The maximum absolute atomic E-state index is 13.6. The fourth-order valence-corrected chi connectivity index (χ4v) is 3.85. The third-order valence-corrected chi connectivity index (χ3v) is 6.11. The molecule has 6 nitrogen and oxygen atoms in total. The van der Waals surface area contributed by atoms with Crippen LogP contribution in [0.5, 0.6) is 0 Å². The number of amides is 2. The first-order chi connectivity index (χ1) is 14.4. The van der Waals surface area contributed by atoms with E-state index in [0.717, 1.165) is 38.4 Å². The van der Waals surface area contributed by atoms with E-state index in [1.54, 1.807) is 0 Å². The van der Waals surface area contributed by atoms with Gasteiger partial charge in [-0.25, -0.2) is 4.39 Å². The molecule has 1 aliphatic heterocycles. The van der Waals surface area contributed by atoms with Crippen LogP contribution in [0, 0.1) is 11.7 Å². The number of nitrogens with one attached hydrogen (secondary N) is 3. The van der Waals surface area contributed by atoms with E-state index in [1.807, 2.05) is 11.9 Å². The van der Waals surface area contributed by atoms with Crippen molar-refractivity contribution in [1.29, 1.82) is 0 Å². The number of halogens is 2. The zero-order valence-electron chi connectivity index (χ0n) is 18.1. The van der Waals surface area contributed by atoms with Gasteiger partial charge in [0.2, 0.25) is 5.91 Å². The third kappa shape index (κ3) is 6.93. The Morgan fingerprint density at radius 1 is 1.37 bits per heavy atom. The SMILES string of the molecule is CCC(CC)CN1CCC(CNC(=O)c2ccc(Cl)c(F)c2)NC(CCNC)C1=O. The number of carbonyl (C=O) groups is 2. The van der Waals surface area contributed by atoms with Crippen molar-refractivity contribution < 1.29 is 14.0 Å². The highest BCUT2D eigenvalue weighted by molar-refractivity contribution is 6.30. The van der Waals surface area contributed by atoms with E-state index >= 15 is 0 Å². The van der Waals surface area contributed by atoms with Gasteiger partial charge in [-0.15, -0.1) is 0 Å². The lowest BCUT2D eigenvalue weighted by Gasteiger charge is -2.28. The van der Waals surface area contributed by atoms with Crippen LogP contribution in [0.3, 0.4) is 0 Å². The summed E-state index contributed by atoms with van der Waals surface area (Å²) in [6.07, 6.45) is 3.52. The molecule has 30 heavy (non-hydrogen) atoms. The summed E-state index contributed by atoms with van der Waals surface area (Å²) >= 11 is 5.69. The van der Waals surface area contributed by atoms with Crippen molar-refractivity contribution in [1.82, 2.24) is 20.9 Å². The first-order valence-corrected chi connectivity index (χ1v) is 11.2. The molecule has 0 bridgehead atoms. The number of hydrogen-bond acceptors (Lipinski definition) is 4. The van der Waals surface area contributed by atoms with Crippen LogP contribution in [-0.4, -0.2) is 62.0 Å². The zero-order valence-corrected chi connectivity index (χ0v) is 18.9. The number of hydrogen-bond donors (Lipinski definition) is 3. The summed E-state index contributed by atoms with van der Waals surface area (Å²) in [5.74, 6) is -0.351. The van der Waals surface area contributed by atoms with E-state index in [0.29, 0.717) is 25.4 Å². The molecule has 1 aromatic carbocycles. The maximum Gasteiger partial charge on any atom is 0.251 e. The van der Waals surface area contributed by atoms with Crippen LogP contribution in [0.15, 0.2) is 18.2 Å². The molecule has 0 aromatic heterocycles. The monoisotopic (exact) mass is 440 g/mol. The molecular weight excluding hydrogens is 407 g/mol. The molecule has 1 saturated heterocycles. The largest absolute Gasteiger partial charge is 0.350 e. The Bertz CT molecular complexity index is 714. The maximum atomic E-state index is 13.6. The lowest BCUT2D eigenvalue weighted by molar-refractivity contribution is -0.133. The average molecular weight is 441 g/mol. The first-order valence-electron chi connectivity index (χ1n) is 10.8. The van der Waals surface area contributed by atoms with Gasteiger partial charge in [-0.3, -0.25) is 9.59 Å². The second-order valence-corrected chi connectivity index (χ2v) is 8.31. The molecule has 3 N–H and O–H groups in total. The molecule has 1 fully saturated rings. The van der Waals surface area contributed by atoms with Crippen molar-refractivity contribution >= 4 is 23.4 Å². The Morgan fingerprint density at radius 2 is 2.10 bits per heavy atom. The van der Waals surface area contributed by atoms with Crippen molar-refractivity contribution in [3.63, 3.8) is 0 Å². The summed E-state index contributed by atoms with van der Waals surface area (Å²) in [4.78, 5) is 27.5. The zero-order chi connectivity index (χ0) is 22.1. The fraction of sp³-hybridized carbons (Fsp3) is 0.636. The van der Waals surface area contributed by atoms with Gasteiger partial charge >= 0.3 is 0 Å². The minimum absolute atomic E-state index is 0.0135. The van der Waals surface area contributed by atoms with Crippen molar-refractivity contribution in [2.75, 3.05) is 33.2 Å². The van der Waals surface area contributed by atoms with Gasteiger partial charge in [-0.2, -0.15) is 0 Å². The molecule has 1 heterocycles. The second-order valence-electron chi connectivity index (χ2n) is 7.90. The minimum atomic E-state index is -0.619. The Kier molecular flexibility index (Phi) is 10.0. The van der Waals surface area contributed by atoms with Gasteiger partial charge in [0.05, 0.1) is 11.1 Å². The van der Waals surface area contributed by atoms with Crippen LogP contribution >= 0.6 is 11.6 Å². The summed E-state index contributed by atoms with van der Waals surface area (Å²) in [6.45, 7) is 6.84. The number of rotatable bonds is 10. The molecule has 0 spiro atoms. The third-order valence-electron chi connectivity index (χ3n) is 5.80. The van der Waals surface area contributed by atoms with Gasteiger partial charge < -0.3 is 20.9 Å². The molecule has 2 atom stereocenters. The van der Waals surface area contributed by atoms with Crippen molar-refractivity contribution in [3.05, 3.63) is 34.6 Å². The fourth-order valence-electron chi connectivity index (χ4n) is 3.73. The summed E-state index contributed by atoms with van der Waals surface area (Å²) < 4.78 is 13.6. The summed E-state index contributed by atoms with van der Waals surface area (Å²) in [5, 5.41) is 9.37. The molecule has 1 aromatic rings. The van der Waals surface area contributed by atoms with Crippen LogP contribution in [0.1, 0.15) is 49.9 Å².